The van der Waals surface area contributed by atoms with Gasteiger partial charge in [-0.3, -0.25) is 0 Å². The van der Waals surface area contributed by atoms with E-state index in [1.165, 1.54) is 50.4 Å². The molecule has 2 aromatic carbocycles. The van der Waals surface area contributed by atoms with Gasteiger partial charge in [0.2, 0.25) is 0 Å². The highest BCUT2D eigenvalue weighted by Gasteiger charge is 2.32. The fourth-order valence-electron chi connectivity index (χ4n) is 2.07. The Morgan fingerprint density at radius 2 is 1.68 bits per heavy atom. The highest BCUT2D eigenvalue weighted by Crippen LogP contribution is 2.37. The van der Waals surface area contributed by atoms with Crippen molar-refractivity contribution in [2.45, 2.75) is 12.5 Å². The van der Waals surface area contributed by atoms with Gasteiger partial charge in [0.05, 0.1) is 12.7 Å². The lowest BCUT2D eigenvalue weighted by Gasteiger charge is -2.26. The molecule has 0 aliphatic heterocycles. The molecule has 0 saturated carbocycles. The Morgan fingerprint density at radius 3 is 2.26 bits per heavy atom. The van der Waals surface area contributed by atoms with Gasteiger partial charge >= 0.3 is 0 Å². The highest BCUT2D eigenvalue weighted by atomic mass is 19.1. The maximum Gasteiger partial charge on any atom is 0.133 e. The molecule has 0 spiro atoms. The van der Waals surface area contributed by atoms with Gasteiger partial charge in [0, 0.05) is 0 Å². The van der Waals surface area contributed by atoms with Gasteiger partial charge in [-0.15, -0.1) is 0 Å². The van der Waals surface area contributed by atoms with E-state index in [4.69, 9.17) is 4.74 Å². The van der Waals surface area contributed by atoms with Crippen LogP contribution in [-0.4, -0.2) is 12.2 Å². The molecule has 0 fully saturated rings. The molecule has 2 aromatic rings. The first-order valence-corrected chi connectivity index (χ1v) is 5.78. The number of hydrogen-bond acceptors (Lipinski definition) is 2. The van der Waals surface area contributed by atoms with Crippen LogP contribution in [0.15, 0.2) is 42.5 Å². The van der Waals surface area contributed by atoms with E-state index in [1.54, 1.807) is 6.07 Å². The molecule has 100 valence electrons. The Hall–Kier alpha value is -1.94. The van der Waals surface area contributed by atoms with Crippen LogP contribution in [-0.2, 0) is 5.60 Å². The van der Waals surface area contributed by atoms with Crippen LogP contribution in [0, 0.1) is 11.6 Å². The first-order chi connectivity index (χ1) is 8.96. The average Bonchev–Trinajstić information content (AvgIpc) is 2.38. The summed E-state index contributed by atoms with van der Waals surface area (Å²) in [5.74, 6) is -0.747. The minimum absolute atomic E-state index is 0.0316. The summed E-state index contributed by atoms with van der Waals surface area (Å²) in [6, 6.07) is 9.58. The Morgan fingerprint density at radius 1 is 1.05 bits per heavy atom. The van der Waals surface area contributed by atoms with Crippen LogP contribution in [0.1, 0.15) is 18.1 Å². The van der Waals surface area contributed by atoms with Crippen molar-refractivity contribution in [1.82, 2.24) is 0 Å². The minimum Gasteiger partial charge on any atom is -0.496 e. The minimum atomic E-state index is -1.61. The molecule has 0 aliphatic rings. The van der Waals surface area contributed by atoms with Crippen LogP contribution in [0.2, 0.25) is 0 Å². The third-order valence-corrected chi connectivity index (χ3v) is 3.09. The lowest BCUT2D eigenvalue weighted by atomic mass is 9.87. The van der Waals surface area contributed by atoms with Crippen LogP contribution in [0.3, 0.4) is 0 Å². The van der Waals surface area contributed by atoms with Crippen molar-refractivity contribution in [3.05, 3.63) is 65.2 Å². The van der Waals surface area contributed by atoms with E-state index < -0.39 is 17.2 Å². The third-order valence-electron chi connectivity index (χ3n) is 3.09. The molecule has 0 aliphatic carbocycles. The Labute approximate surface area is 110 Å². The zero-order chi connectivity index (χ0) is 14.0. The second-order valence-corrected chi connectivity index (χ2v) is 4.40. The maximum absolute atomic E-state index is 14.0. The molecule has 1 unspecified atom stereocenters. The number of rotatable bonds is 3. The number of aliphatic hydroxyl groups is 1. The summed E-state index contributed by atoms with van der Waals surface area (Å²) in [6.45, 7) is 1.45. The number of ether oxygens (including phenoxy) is 1. The standard InChI is InChI=1S/C15H14F2O2/c1-15(18,10-6-8-11(16)9-7-10)14-12(17)4-3-5-13(14)19-2/h3-9,18H,1-2H3. The third kappa shape index (κ3) is 2.44. The molecule has 4 heteroatoms. The predicted octanol–water partition coefficient (Wildman–Crippen LogP) is 3.23. The van der Waals surface area contributed by atoms with Gasteiger partial charge in [0.25, 0.3) is 0 Å². The molecule has 19 heavy (non-hydrogen) atoms. The molecule has 0 aromatic heterocycles. The van der Waals surface area contributed by atoms with E-state index in [0.717, 1.165) is 0 Å². The van der Waals surface area contributed by atoms with Gasteiger partial charge < -0.3 is 9.84 Å². The smallest absolute Gasteiger partial charge is 0.133 e. The van der Waals surface area contributed by atoms with E-state index >= 15 is 0 Å². The zero-order valence-corrected chi connectivity index (χ0v) is 10.7. The van der Waals surface area contributed by atoms with Crippen LogP contribution in [0.5, 0.6) is 5.75 Å². The Kier molecular flexibility index (Phi) is 3.53. The van der Waals surface area contributed by atoms with Crippen LogP contribution in [0.4, 0.5) is 8.78 Å². The van der Waals surface area contributed by atoms with Crippen molar-refractivity contribution < 1.29 is 18.6 Å². The summed E-state index contributed by atoms with van der Waals surface area (Å²) in [5.41, 5.74) is -1.19. The Bertz CT molecular complexity index is 577. The number of halogens is 2. The fourth-order valence-corrected chi connectivity index (χ4v) is 2.07. The van der Waals surface area contributed by atoms with Crippen molar-refractivity contribution in [3.63, 3.8) is 0 Å². The van der Waals surface area contributed by atoms with Crippen molar-refractivity contribution in [1.29, 1.82) is 0 Å². The topological polar surface area (TPSA) is 29.5 Å². The molecule has 1 N–H and O–H groups in total. The molecule has 0 amide bonds. The molecule has 0 saturated heterocycles. The zero-order valence-electron chi connectivity index (χ0n) is 10.7. The monoisotopic (exact) mass is 264 g/mol. The van der Waals surface area contributed by atoms with E-state index in [-0.39, 0.29) is 11.3 Å². The largest absolute Gasteiger partial charge is 0.496 e. The average molecular weight is 264 g/mol. The summed E-state index contributed by atoms with van der Waals surface area (Å²) in [4.78, 5) is 0. The summed E-state index contributed by atoms with van der Waals surface area (Å²) in [5, 5.41) is 10.6. The normalized spacial score (nSPS) is 13.9. The quantitative estimate of drug-likeness (QED) is 0.922. The van der Waals surface area contributed by atoms with Crippen LogP contribution >= 0.6 is 0 Å². The van der Waals surface area contributed by atoms with Gasteiger partial charge in [0.1, 0.15) is 23.0 Å². The van der Waals surface area contributed by atoms with Crippen molar-refractivity contribution >= 4 is 0 Å². The number of benzene rings is 2. The molecule has 0 bridgehead atoms. The van der Waals surface area contributed by atoms with Crippen molar-refractivity contribution in [3.8, 4) is 5.75 Å². The molecule has 2 nitrogen and oxygen atoms in total. The van der Waals surface area contributed by atoms with Gasteiger partial charge in [-0.25, -0.2) is 8.78 Å². The first-order valence-electron chi connectivity index (χ1n) is 5.78. The molecule has 2 rings (SSSR count). The maximum atomic E-state index is 14.0. The number of hydrogen-bond donors (Lipinski definition) is 1. The molecular weight excluding hydrogens is 250 g/mol. The van der Waals surface area contributed by atoms with Crippen molar-refractivity contribution in [2.75, 3.05) is 7.11 Å². The second kappa shape index (κ2) is 4.97. The van der Waals surface area contributed by atoms with Crippen molar-refractivity contribution in [2.24, 2.45) is 0 Å². The molecular formula is C15H14F2O2. The van der Waals surface area contributed by atoms with Gasteiger partial charge in [-0.2, -0.15) is 0 Å². The summed E-state index contributed by atoms with van der Waals surface area (Å²) in [6.07, 6.45) is 0. The van der Waals surface area contributed by atoms with Crippen LogP contribution < -0.4 is 4.74 Å². The lowest BCUT2D eigenvalue weighted by molar-refractivity contribution is 0.0944. The van der Waals surface area contributed by atoms with E-state index in [1.807, 2.05) is 0 Å². The van der Waals surface area contributed by atoms with Crippen LogP contribution in [0.25, 0.3) is 0 Å². The van der Waals surface area contributed by atoms with Gasteiger partial charge in [-0.1, -0.05) is 18.2 Å². The second-order valence-electron chi connectivity index (χ2n) is 4.40. The summed E-state index contributed by atoms with van der Waals surface area (Å²) in [7, 11) is 1.40. The van der Waals surface area contributed by atoms with E-state index in [0.29, 0.717) is 5.56 Å². The van der Waals surface area contributed by atoms with Gasteiger partial charge in [0.15, 0.2) is 0 Å². The highest BCUT2D eigenvalue weighted by molar-refractivity contribution is 5.45. The summed E-state index contributed by atoms with van der Waals surface area (Å²) < 4.78 is 32.0. The Balaban J connectivity index is 2.58. The van der Waals surface area contributed by atoms with Gasteiger partial charge in [-0.05, 0) is 36.8 Å². The van der Waals surface area contributed by atoms with E-state index in [9.17, 15) is 13.9 Å². The number of methoxy groups -OCH3 is 1. The van der Waals surface area contributed by atoms with E-state index in [2.05, 4.69) is 0 Å². The predicted molar refractivity (Wildman–Crippen MR) is 68.0 cm³/mol. The fraction of sp³-hybridized carbons (Fsp3) is 0.200. The lowest BCUT2D eigenvalue weighted by Crippen LogP contribution is -2.25. The molecule has 0 radical (unpaired) electrons. The SMILES string of the molecule is COc1cccc(F)c1C(C)(O)c1ccc(F)cc1. The first kappa shape index (κ1) is 13.5. The molecule has 1 atom stereocenters. The molecule has 0 heterocycles. The summed E-state index contributed by atoms with van der Waals surface area (Å²) >= 11 is 0.